The summed E-state index contributed by atoms with van der Waals surface area (Å²) in [6, 6.07) is 11.9. The van der Waals surface area contributed by atoms with E-state index in [0.29, 0.717) is 23.1 Å². The number of hydrogen-bond acceptors (Lipinski definition) is 8. The van der Waals surface area contributed by atoms with Gasteiger partial charge in [-0.1, -0.05) is 6.92 Å². The van der Waals surface area contributed by atoms with Crippen molar-refractivity contribution in [3.63, 3.8) is 0 Å². The molecule has 0 bridgehead atoms. The first-order valence-corrected chi connectivity index (χ1v) is 14.0. The van der Waals surface area contributed by atoms with Crippen molar-refractivity contribution in [2.75, 3.05) is 24.3 Å². The SMILES string of the molecule is COC(=O)NC(=O)c1c(NC(=O)c2ccc(NS(=O)(=O)c3ccc(OC)cc3)cc2)sc2c1CCC(C)C2. The Hall–Kier alpha value is -3.90. The average molecular weight is 558 g/mol. The van der Waals surface area contributed by atoms with E-state index in [2.05, 4.69) is 27.0 Å². The maximum absolute atomic E-state index is 13.0. The van der Waals surface area contributed by atoms with E-state index in [0.717, 1.165) is 30.4 Å². The van der Waals surface area contributed by atoms with Crippen LogP contribution in [0.2, 0.25) is 0 Å². The van der Waals surface area contributed by atoms with E-state index in [-0.39, 0.29) is 21.7 Å². The molecule has 3 amide bonds. The van der Waals surface area contributed by atoms with E-state index in [1.165, 1.54) is 54.8 Å². The first-order chi connectivity index (χ1) is 18.1. The van der Waals surface area contributed by atoms with Crippen molar-refractivity contribution in [3.05, 3.63) is 70.1 Å². The summed E-state index contributed by atoms with van der Waals surface area (Å²) in [4.78, 5) is 38.6. The van der Waals surface area contributed by atoms with Gasteiger partial charge in [-0.05, 0) is 79.3 Å². The van der Waals surface area contributed by atoms with Gasteiger partial charge in [-0.25, -0.2) is 13.2 Å². The molecular weight excluding hydrogens is 530 g/mol. The number of benzene rings is 2. The molecule has 1 aliphatic carbocycles. The van der Waals surface area contributed by atoms with Crippen LogP contribution in [0.3, 0.4) is 0 Å². The highest BCUT2D eigenvalue weighted by Crippen LogP contribution is 2.40. The van der Waals surface area contributed by atoms with E-state index in [1.54, 1.807) is 12.1 Å². The molecule has 1 aliphatic rings. The van der Waals surface area contributed by atoms with Crippen molar-refractivity contribution in [2.24, 2.45) is 5.92 Å². The quantitative estimate of drug-likeness (QED) is 0.390. The minimum absolute atomic E-state index is 0.0638. The largest absolute Gasteiger partial charge is 0.497 e. The lowest BCUT2D eigenvalue weighted by Crippen LogP contribution is -2.31. The van der Waals surface area contributed by atoms with Gasteiger partial charge in [-0.2, -0.15) is 0 Å². The molecule has 1 aromatic heterocycles. The number of hydrogen-bond donors (Lipinski definition) is 3. The smallest absolute Gasteiger partial charge is 0.413 e. The van der Waals surface area contributed by atoms with E-state index in [9.17, 15) is 22.8 Å². The molecule has 3 N–H and O–H groups in total. The Morgan fingerprint density at radius 3 is 2.29 bits per heavy atom. The fourth-order valence-electron chi connectivity index (χ4n) is 4.12. The van der Waals surface area contributed by atoms with Gasteiger partial charge in [0.2, 0.25) is 0 Å². The molecule has 0 aliphatic heterocycles. The third kappa shape index (κ3) is 5.97. The zero-order chi connectivity index (χ0) is 27.4. The summed E-state index contributed by atoms with van der Waals surface area (Å²) < 4.78 is 37.4. The lowest BCUT2D eigenvalue weighted by Gasteiger charge is -2.18. The van der Waals surface area contributed by atoms with Crippen LogP contribution < -0.4 is 20.1 Å². The third-order valence-electron chi connectivity index (χ3n) is 6.14. The molecule has 200 valence electrons. The Balaban J connectivity index is 1.52. The molecule has 0 spiro atoms. The lowest BCUT2D eigenvalue weighted by molar-refractivity contribution is 0.0936. The summed E-state index contributed by atoms with van der Waals surface area (Å²) >= 11 is 1.32. The number of fused-ring (bicyclic) bond motifs is 1. The number of methoxy groups -OCH3 is 2. The van der Waals surface area contributed by atoms with Crippen LogP contribution in [0.25, 0.3) is 0 Å². The number of sulfonamides is 1. The first-order valence-electron chi connectivity index (χ1n) is 11.7. The molecule has 10 nitrogen and oxygen atoms in total. The van der Waals surface area contributed by atoms with E-state index >= 15 is 0 Å². The van der Waals surface area contributed by atoms with Gasteiger partial charge in [-0.3, -0.25) is 19.6 Å². The number of rotatable bonds is 7. The Bertz CT molecular complexity index is 1460. The number of amides is 3. The van der Waals surface area contributed by atoms with Gasteiger partial charge in [0.1, 0.15) is 10.8 Å². The van der Waals surface area contributed by atoms with Crippen LogP contribution >= 0.6 is 11.3 Å². The summed E-state index contributed by atoms with van der Waals surface area (Å²) in [6.45, 7) is 2.12. The van der Waals surface area contributed by atoms with E-state index < -0.39 is 27.9 Å². The maximum atomic E-state index is 13.0. The van der Waals surface area contributed by atoms with Crippen molar-refractivity contribution in [3.8, 4) is 5.75 Å². The zero-order valence-electron chi connectivity index (χ0n) is 21.0. The van der Waals surface area contributed by atoms with Crippen LogP contribution in [-0.4, -0.2) is 40.5 Å². The molecule has 4 rings (SSSR count). The second kappa shape index (κ2) is 11.2. The highest BCUT2D eigenvalue weighted by atomic mass is 32.2. The fourth-order valence-corrected chi connectivity index (χ4v) is 6.58. The number of anilines is 2. The molecule has 1 heterocycles. The lowest BCUT2D eigenvalue weighted by atomic mass is 9.88. The minimum Gasteiger partial charge on any atom is -0.497 e. The number of imide groups is 1. The molecule has 1 unspecified atom stereocenters. The minimum atomic E-state index is -3.84. The number of carbonyl (C=O) groups excluding carboxylic acids is 3. The van der Waals surface area contributed by atoms with Crippen molar-refractivity contribution in [2.45, 2.75) is 31.1 Å². The number of nitrogens with one attached hydrogen (secondary N) is 3. The Morgan fingerprint density at radius 1 is 0.974 bits per heavy atom. The van der Waals surface area contributed by atoms with Crippen molar-refractivity contribution in [1.29, 1.82) is 0 Å². The second-order valence-electron chi connectivity index (χ2n) is 8.81. The van der Waals surface area contributed by atoms with Crippen molar-refractivity contribution >= 4 is 50.0 Å². The van der Waals surface area contributed by atoms with Crippen molar-refractivity contribution < 1.29 is 32.3 Å². The van der Waals surface area contributed by atoms with E-state index in [4.69, 9.17) is 4.74 Å². The highest BCUT2D eigenvalue weighted by Gasteiger charge is 2.29. The molecule has 0 fully saturated rings. The normalized spacial score (nSPS) is 14.7. The number of alkyl carbamates (subject to hydrolysis) is 1. The van der Waals surface area contributed by atoms with Gasteiger partial charge in [0.25, 0.3) is 21.8 Å². The molecular formula is C26H27N3O7S2. The summed E-state index contributed by atoms with van der Waals surface area (Å²) in [5.41, 5.74) is 1.63. The molecule has 2 aromatic carbocycles. The van der Waals surface area contributed by atoms with Crippen LogP contribution in [0.5, 0.6) is 5.75 Å². The summed E-state index contributed by atoms with van der Waals surface area (Å²) in [7, 11) is -1.19. The van der Waals surface area contributed by atoms with Gasteiger partial charge in [0.15, 0.2) is 0 Å². The molecule has 12 heteroatoms. The topological polar surface area (TPSA) is 140 Å². The molecule has 1 atom stereocenters. The summed E-state index contributed by atoms with van der Waals surface area (Å²) in [5, 5.41) is 5.32. The number of carbonyl (C=O) groups is 3. The predicted octanol–water partition coefficient (Wildman–Crippen LogP) is 4.43. The van der Waals surface area contributed by atoms with Gasteiger partial charge in [0.05, 0.1) is 24.7 Å². The highest BCUT2D eigenvalue weighted by molar-refractivity contribution is 7.92. The molecule has 0 radical (unpaired) electrons. The van der Waals surface area contributed by atoms with Crippen LogP contribution in [0.4, 0.5) is 15.5 Å². The van der Waals surface area contributed by atoms with Gasteiger partial charge in [-0.15, -0.1) is 11.3 Å². The third-order valence-corrected chi connectivity index (χ3v) is 8.70. The zero-order valence-corrected chi connectivity index (χ0v) is 22.6. The van der Waals surface area contributed by atoms with Crippen LogP contribution in [0.1, 0.15) is 44.5 Å². The molecule has 0 saturated carbocycles. The first kappa shape index (κ1) is 27.1. The Kier molecular flexibility index (Phi) is 8.02. The van der Waals surface area contributed by atoms with E-state index in [1.807, 2.05) is 0 Å². The van der Waals surface area contributed by atoms with Crippen molar-refractivity contribution in [1.82, 2.24) is 5.32 Å². The maximum Gasteiger partial charge on any atom is 0.413 e. The van der Waals surface area contributed by atoms with Gasteiger partial charge >= 0.3 is 6.09 Å². The van der Waals surface area contributed by atoms with Crippen LogP contribution in [-0.2, 0) is 27.6 Å². The number of ether oxygens (including phenoxy) is 2. The predicted molar refractivity (Wildman–Crippen MR) is 144 cm³/mol. The van der Waals surface area contributed by atoms with Gasteiger partial charge < -0.3 is 14.8 Å². The van der Waals surface area contributed by atoms with Crippen LogP contribution in [0, 0.1) is 5.92 Å². The Morgan fingerprint density at radius 2 is 1.66 bits per heavy atom. The summed E-state index contributed by atoms with van der Waals surface area (Å²) in [6.07, 6.45) is 1.45. The monoisotopic (exact) mass is 557 g/mol. The fraction of sp³-hybridized carbons (Fsp3) is 0.269. The van der Waals surface area contributed by atoms with Gasteiger partial charge in [0, 0.05) is 16.1 Å². The molecule has 38 heavy (non-hydrogen) atoms. The number of thiophene rings is 1. The average Bonchev–Trinajstić information content (AvgIpc) is 3.25. The molecule has 0 saturated heterocycles. The molecule has 3 aromatic rings. The Labute approximate surface area is 224 Å². The van der Waals surface area contributed by atoms with Crippen LogP contribution in [0.15, 0.2) is 53.4 Å². The summed E-state index contributed by atoms with van der Waals surface area (Å²) in [5.74, 6) is -0.141. The standard InChI is InChI=1S/C26H27N3O7S2/c1-15-4-13-20-21(14-15)37-25(22(20)24(31)28-26(32)36-3)27-23(30)16-5-7-17(8-6-16)29-38(33,34)19-11-9-18(35-2)10-12-19/h5-12,15,29H,4,13-14H2,1-3H3,(H,27,30)(H,28,31,32). The second-order valence-corrected chi connectivity index (χ2v) is 11.6.